The number of hydrogen-bond donors (Lipinski definition) is 2. The largest absolute Gasteiger partial charge is 0.481 e. The molecule has 35 heavy (non-hydrogen) atoms. The number of carbonyl (C=O) groups excluding carboxylic acids is 1. The normalized spacial score (nSPS) is 16.7. The molecule has 0 unspecified atom stereocenters. The van der Waals surface area contributed by atoms with Gasteiger partial charge in [0.2, 0.25) is 11.8 Å². The smallest absolute Gasteiger partial charge is 0.416 e. The first-order valence-electron chi connectivity index (χ1n) is 10.2. The average Bonchev–Trinajstić information content (AvgIpc) is 3.33. The van der Waals surface area contributed by atoms with E-state index in [0.29, 0.717) is 12.1 Å². The molecular formula is C21H21F3N6O4S. The lowest BCUT2D eigenvalue weighted by molar-refractivity contribution is -0.138. The number of nitrogens with one attached hydrogen (secondary N) is 1. The minimum absolute atomic E-state index is 0.0862. The van der Waals surface area contributed by atoms with Crippen molar-refractivity contribution in [2.75, 3.05) is 12.4 Å². The maximum atomic E-state index is 13.6. The van der Waals surface area contributed by atoms with Crippen LogP contribution in [0.5, 0.6) is 11.8 Å². The van der Waals surface area contributed by atoms with Crippen LogP contribution in [0, 0.1) is 6.92 Å². The van der Waals surface area contributed by atoms with E-state index < -0.39 is 27.7 Å². The Balaban J connectivity index is 1.77. The molecule has 4 rings (SSSR count). The molecule has 14 heteroatoms. The number of hydrogen-bond acceptors (Lipinski definition) is 6. The highest BCUT2D eigenvalue weighted by Gasteiger charge is 2.34. The maximum absolute atomic E-state index is 13.6. The Morgan fingerprint density at radius 1 is 1.37 bits per heavy atom. The Morgan fingerprint density at radius 3 is 2.80 bits per heavy atom. The van der Waals surface area contributed by atoms with Crippen molar-refractivity contribution in [1.29, 1.82) is 0 Å². The Morgan fingerprint density at radius 2 is 2.11 bits per heavy atom. The molecule has 3 aromatic rings. The molecule has 0 fully saturated rings. The maximum Gasteiger partial charge on any atom is 0.416 e. The van der Waals surface area contributed by atoms with Crippen LogP contribution in [0.15, 0.2) is 45.9 Å². The summed E-state index contributed by atoms with van der Waals surface area (Å²) in [6.45, 7) is 3.38. The third-order valence-electron chi connectivity index (χ3n) is 5.29. The molecule has 0 saturated heterocycles. The van der Waals surface area contributed by atoms with Crippen molar-refractivity contribution in [1.82, 2.24) is 14.8 Å². The van der Waals surface area contributed by atoms with E-state index in [-0.39, 0.29) is 39.6 Å². The van der Waals surface area contributed by atoms with Crippen LogP contribution in [-0.2, 0) is 22.6 Å². The number of pyridine rings is 1. The minimum Gasteiger partial charge on any atom is -0.481 e. The van der Waals surface area contributed by atoms with Crippen LogP contribution in [0.1, 0.15) is 18.1 Å². The number of carbonyl (C=O) groups is 1. The summed E-state index contributed by atoms with van der Waals surface area (Å²) in [5.41, 5.74) is -0.729. The lowest BCUT2D eigenvalue weighted by Gasteiger charge is -2.18. The topological polar surface area (TPSA) is 134 Å². The van der Waals surface area contributed by atoms with Gasteiger partial charge in [-0.1, -0.05) is 6.07 Å². The van der Waals surface area contributed by atoms with E-state index in [1.807, 2.05) is 0 Å². The fraction of sp³-hybridized carbons (Fsp3) is 0.286. The first kappa shape index (κ1) is 24.5. The number of nitrogens with two attached hydrogens (primary N) is 1. The van der Waals surface area contributed by atoms with Crippen molar-refractivity contribution in [3.05, 3.63) is 47.8 Å². The van der Waals surface area contributed by atoms with Crippen LogP contribution in [-0.4, -0.2) is 38.2 Å². The number of fused-ring (bicyclic) bond motifs is 1. The third kappa shape index (κ3) is 4.79. The standard InChI is InChI=1S/C21H21F3N6O4S/c1-11-10-30-19(34-11)16(9-27-30)35(25,32)29-20(31)28-18-12(2)15(21(22,23)24)5-4-14(18)13-6-7-26-17(8-13)33-3/h4-9,11H,10H2,1-3H3,(H3,25,28,29,31,32)/t11-,35+/m0/s1. The minimum atomic E-state index is -4.68. The Kier molecular flexibility index (Phi) is 6.19. The second kappa shape index (κ2) is 8.85. The average molecular weight is 510 g/mol. The van der Waals surface area contributed by atoms with Gasteiger partial charge in [0.15, 0.2) is 9.92 Å². The molecule has 2 aromatic heterocycles. The number of methoxy groups -OCH3 is 1. The van der Waals surface area contributed by atoms with Gasteiger partial charge in [0.25, 0.3) is 0 Å². The van der Waals surface area contributed by atoms with Gasteiger partial charge < -0.3 is 14.8 Å². The van der Waals surface area contributed by atoms with Gasteiger partial charge in [-0.15, -0.1) is 4.36 Å². The molecule has 0 spiro atoms. The van der Waals surface area contributed by atoms with Gasteiger partial charge in [0.1, 0.15) is 11.0 Å². The lowest BCUT2D eigenvalue weighted by Crippen LogP contribution is -2.19. The van der Waals surface area contributed by atoms with Crippen LogP contribution >= 0.6 is 0 Å². The molecule has 1 aromatic carbocycles. The van der Waals surface area contributed by atoms with E-state index in [1.54, 1.807) is 6.92 Å². The second-order valence-electron chi connectivity index (χ2n) is 7.76. The molecule has 0 bridgehead atoms. The SMILES string of the molecule is COc1cc(-c2ccc(C(F)(F)F)c(C)c2NC(=O)N=[S@@](N)(=O)c2cnn3c2O[C@@H](C)C3)ccn1. The molecule has 3 N–H and O–H groups in total. The molecule has 186 valence electrons. The number of aromatic nitrogens is 3. The van der Waals surface area contributed by atoms with Gasteiger partial charge >= 0.3 is 12.2 Å². The van der Waals surface area contributed by atoms with Crippen molar-refractivity contribution in [2.45, 2.75) is 37.6 Å². The molecule has 3 heterocycles. The highest BCUT2D eigenvalue weighted by molar-refractivity contribution is 7.91. The highest BCUT2D eigenvalue weighted by atomic mass is 32.2. The molecule has 0 aliphatic carbocycles. The zero-order valence-corrected chi connectivity index (χ0v) is 19.6. The van der Waals surface area contributed by atoms with Gasteiger partial charge in [-0.2, -0.15) is 18.3 Å². The number of rotatable bonds is 4. The molecular weight excluding hydrogens is 489 g/mol. The van der Waals surface area contributed by atoms with Gasteiger partial charge in [0.05, 0.1) is 31.1 Å². The number of ether oxygens (including phenoxy) is 2. The van der Waals surface area contributed by atoms with E-state index in [0.717, 1.165) is 6.07 Å². The van der Waals surface area contributed by atoms with Crippen LogP contribution in [0.3, 0.4) is 0 Å². The fourth-order valence-corrected chi connectivity index (χ4v) is 4.68. The van der Waals surface area contributed by atoms with Gasteiger partial charge in [0, 0.05) is 17.8 Å². The van der Waals surface area contributed by atoms with Gasteiger partial charge in [-0.3, -0.25) is 0 Å². The first-order chi connectivity index (χ1) is 16.4. The Bertz CT molecular complexity index is 1430. The van der Waals surface area contributed by atoms with Crippen molar-refractivity contribution in [3.8, 4) is 22.9 Å². The number of urea groups is 1. The predicted octanol–water partition coefficient (Wildman–Crippen LogP) is 3.99. The van der Waals surface area contributed by atoms with E-state index in [4.69, 9.17) is 14.6 Å². The molecule has 1 aliphatic heterocycles. The van der Waals surface area contributed by atoms with Crippen LogP contribution in [0.2, 0.25) is 0 Å². The van der Waals surface area contributed by atoms with Crippen LogP contribution in [0.4, 0.5) is 23.7 Å². The second-order valence-corrected chi connectivity index (χ2v) is 9.52. The molecule has 0 saturated carbocycles. The number of alkyl halides is 3. The number of nitrogens with zero attached hydrogens (tertiary/aromatic N) is 4. The van der Waals surface area contributed by atoms with E-state index in [2.05, 4.69) is 19.8 Å². The molecule has 2 atom stereocenters. The lowest BCUT2D eigenvalue weighted by atomic mass is 9.97. The van der Waals surface area contributed by atoms with Crippen LogP contribution < -0.4 is 19.9 Å². The van der Waals surface area contributed by atoms with Gasteiger partial charge in [-0.25, -0.2) is 23.8 Å². The summed E-state index contributed by atoms with van der Waals surface area (Å²) in [5.74, 6) is 0.345. The summed E-state index contributed by atoms with van der Waals surface area (Å²) in [7, 11) is -2.43. The zero-order valence-electron chi connectivity index (χ0n) is 18.8. The van der Waals surface area contributed by atoms with Crippen molar-refractivity contribution >= 4 is 21.6 Å². The summed E-state index contributed by atoms with van der Waals surface area (Å²) in [5, 5.41) is 12.2. The van der Waals surface area contributed by atoms with Crippen molar-refractivity contribution in [2.24, 2.45) is 9.50 Å². The summed E-state index contributed by atoms with van der Waals surface area (Å²) < 4.78 is 69.4. The van der Waals surface area contributed by atoms with Crippen LogP contribution in [0.25, 0.3) is 11.1 Å². The van der Waals surface area contributed by atoms with E-state index >= 15 is 0 Å². The van der Waals surface area contributed by atoms with Gasteiger partial charge in [-0.05, 0) is 37.1 Å². The number of anilines is 1. The quantitative estimate of drug-likeness (QED) is 0.545. The third-order valence-corrected chi connectivity index (χ3v) is 6.64. The summed E-state index contributed by atoms with van der Waals surface area (Å²) in [6.07, 6.45) is -2.33. The molecule has 2 amide bonds. The Hall–Kier alpha value is -3.65. The Labute approximate surface area is 198 Å². The first-order valence-corrected chi connectivity index (χ1v) is 11.8. The summed E-state index contributed by atoms with van der Waals surface area (Å²) in [4.78, 5) is 16.7. The number of amides is 2. The van der Waals surface area contributed by atoms with E-state index in [9.17, 15) is 22.2 Å². The predicted molar refractivity (Wildman–Crippen MR) is 120 cm³/mol. The molecule has 10 nitrogen and oxygen atoms in total. The van der Waals surface area contributed by atoms with Crippen molar-refractivity contribution in [3.63, 3.8) is 0 Å². The monoisotopic (exact) mass is 510 g/mol. The van der Waals surface area contributed by atoms with Crippen molar-refractivity contribution < 1.29 is 31.6 Å². The summed E-state index contributed by atoms with van der Waals surface area (Å²) >= 11 is 0. The molecule has 1 aliphatic rings. The number of halogens is 3. The zero-order chi connectivity index (χ0) is 25.5. The summed E-state index contributed by atoms with van der Waals surface area (Å²) in [6, 6.07) is 3.95. The highest BCUT2D eigenvalue weighted by Crippen LogP contribution is 2.40. The number of benzene rings is 1. The fourth-order valence-electron chi connectivity index (χ4n) is 3.69. The van der Waals surface area contributed by atoms with E-state index in [1.165, 1.54) is 49.3 Å². The molecule has 0 radical (unpaired) electrons.